The molecule has 2 rings (SSSR count). The van der Waals surface area contributed by atoms with Crippen molar-refractivity contribution in [3.63, 3.8) is 0 Å². The lowest BCUT2D eigenvalue weighted by Crippen LogP contribution is -2.38. The number of rotatable bonds is 8. The molecule has 1 aliphatic rings. The third-order valence-corrected chi connectivity index (χ3v) is 4.07. The van der Waals surface area contributed by atoms with Gasteiger partial charge in [-0.05, 0) is 36.1 Å². The van der Waals surface area contributed by atoms with Crippen LogP contribution in [-0.4, -0.2) is 52.4 Å². The highest BCUT2D eigenvalue weighted by atomic mass is 16.2. The van der Waals surface area contributed by atoms with Crippen LogP contribution in [0.3, 0.4) is 0 Å². The van der Waals surface area contributed by atoms with Crippen LogP contribution in [0.1, 0.15) is 44.5 Å². The second-order valence-corrected chi connectivity index (χ2v) is 7.63. The van der Waals surface area contributed by atoms with Crippen molar-refractivity contribution in [2.75, 3.05) is 18.4 Å². The topological polar surface area (TPSA) is 104 Å². The van der Waals surface area contributed by atoms with Gasteiger partial charge in [0.2, 0.25) is 5.91 Å². The summed E-state index contributed by atoms with van der Waals surface area (Å²) in [4.78, 5) is 62.1. The normalized spacial score (nSPS) is 14.4. The van der Waals surface area contributed by atoms with Crippen LogP contribution < -0.4 is 5.32 Å². The first-order chi connectivity index (χ1) is 13.1. The minimum absolute atomic E-state index is 0.00908. The number of benzene rings is 1. The number of anilines is 1. The lowest BCUT2D eigenvalue weighted by molar-refractivity contribution is -0.143. The molecule has 1 heterocycles. The Bertz CT molecular complexity index is 799. The summed E-state index contributed by atoms with van der Waals surface area (Å²) in [7, 11) is 0. The standard InChI is InChI=1S/C20H25N3O5/c1-12(2)9-17(25)21-15-7-5-14(6-8-15)16(24)11-23-19(27)18(26)22(20(23)28)10-13(3)4/h5-8,12-13H,9-11H2,1-4H3,(H,21,25). The zero-order valence-electron chi connectivity index (χ0n) is 16.5. The van der Waals surface area contributed by atoms with Gasteiger partial charge in [-0.1, -0.05) is 27.7 Å². The van der Waals surface area contributed by atoms with Gasteiger partial charge in [0.1, 0.15) is 0 Å². The molecular formula is C20H25N3O5. The van der Waals surface area contributed by atoms with Crippen molar-refractivity contribution in [1.29, 1.82) is 0 Å². The Hall–Kier alpha value is -3.03. The van der Waals surface area contributed by atoms with Crippen LogP contribution in [0, 0.1) is 11.8 Å². The second kappa shape index (κ2) is 8.77. The fourth-order valence-corrected chi connectivity index (χ4v) is 2.77. The summed E-state index contributed by atoms with van der Waals surface area (Å²) in [6, 6.07) is 5.40. The van der Waals surface area contributed by atoms with Gasteiger partial charge in [-0.3, -0.25) is 24.1 Å². The Kier molecular flexibility index (Phi) is 6.66. The van der Waals surface area contributed by atoms with Crippen LogP contribution in [0.2, 0.25) is 0 Å². The predicted molar refractivity (Wildman–Crippen MR) is 103 cm³/mol. The van der Waals surface area contributed by atoms with Crippen molar-refractivity contribution in [1.82, 2.24) is 9.80 Å². The lowest BCUT2D eigenvalue weighted by atomic mass is 10.1. The zero-order chi connectivity index (χ0) is 21.0. The van der Waals surface area contributed by atoms with E-state index < -0.39 is 30.2 Å². The van der Waals surface area contributed by atoms with Gasteiger partial charge in [-0.2, -0.15) is 0 Å². The van der Waals surface area contributed by atoms with Crippen molar-refractivity contribution >= 4 is 35.2 Å². The minimum Gasteiger partial charge on any atom is -0.326 e. The van der Waals surface area contributed by atoms with Crippen molar-refractivity contribution in [3.8, 4) is 0 Å². The highest BCUT2D eigenvalue weighted by Crippen LogP contribution is 2.16. The molecule has 0 unspecified atom stereocenters. The summed E-state index contributed by atoms with van der Waals surface area (Å²) in [6.45, 7) is 7.14. The molecule has 0 aliphatic carbocycles. The highest BCUT2D eigenvalue weighted by molar-refractivity contribution is 6.45. The molecule has 1 aliphatic heterocycles. The maximum atomic E-state index is 12.4. The van der Waals surface area contributed by atoms with E-state index in [9.17, 15) is 24.0 Å². The first-order valence-corrected chi connectivity index (χ1v) is 9.20. The maximum Gasteiger partial charge on any atom is 0.334 e. The molecule has 0 radical (unpaired) electrons. The van der Waals surface area contributed by atoms with E-state index >= 15 is 0 Å². The van der Waals surface area contributed by atoms with Gasteiger partial charge >= 0.3 is 17.8 Å². The molecule has 150 valence electrons. The molecule has 8 nitrogen and oxygen atoms in total. The molecule has 0 bridgehead atoms. The van der Waals surface area contributed by atoms with E-state index in [4.69, 9.17) is 0 Å². The number of hydrogen-bond donors (Lipinski definition) is 1. The van der Waals surface area contributed by atoms with Gasteiger partial charge in [-0.15, -0.1) is 0 Å². The van der Waals surface area contributed by atoms with Gasteiger partial charge in [0.05, 0.1) is 6.54 Å². The number of urea groups is 1. The van der Waals surface area contributed by atoms with Gasteiger partial charge in [0, 0.05) is 24.2 Å². The molecule has 0 saturated carbocycles. The predicted octanol–water partition coefficient (Wildman–Crippen LogP) is 2.30. The Morgan fingerprint density at radius 1 is 0.893 bits per heavy atom. The summed E-state index contributed by atoms with van der Waals surface area (Å²) in [5.41, 5.74) is 0.825. The van der Waals surface area contributed by atoms with E-state index in [0.717, 1.165) is 4.90 Å². The van der Waals surface area contributed by atoms with E-state index in [1.807, 2.05) is 27.7 Å². The van der Waals surface area contributed by atoms with Gasteiger partial charge < -0.3 is 5.32 Å². The van der Waals surface area contributed by atoms with E-state index in [0.29, 0.717) is 17.0 Å². The van der Waals surface area contributed by atoms with E-state index in [2.05, 4.69) is 5.32 Å². The van der Waals surface area contributed by atoms with Crippen molar-refractivity contribution < 1.29 is 24.0 Å². The molecule has 1 fully saturated rings. The first kappa shape index (κ1) is 21.3. The van der Waals surface area contributed by atoms with Crippen molar-refractivity contribution in [2.45, 2.75) is 34.1 Å². The Balaban J connectivity index is 2.03. The zero-order valence-corrected chi connectivity index (χ0v) is 16.5. The van der Waals surface area contributed by atoms with Gasteiger partial charge in [-0.25, -0.2) is 9.69 Å². The molecule has 1 aromatic carbocycles. The van der Waals surface area contributed by atoms with Gasteiger partial charge in [0.15, 0.2) is 5.78 Å². The molecule has 28 heavy (non-hydrogen) atoms. The largest absolute Gasteiger partial charge is 0.334 e. The monoisotopic (exact) mass is 387 g/mol. The number of ketones is 1. The number of carbonyl (C=O) groups is 5. The molecular weight excluding hydrogens is 362 g/mol. The SMILES string of the molecule is CC(C)CC(=O)Nc1ccc(C(=O)CN2C(=O)C(=O)N(CC(C)C)C2=O)cc1. The van der Waals surface area contributed by atoms with Crippen LogP contribution in [0.5, 0.6) is 0 Å². The van der Waals surface area contributed by atoms with Crippen LogP contribution in [-0.2, 0) is 14.4 Å². The molecule has 0 aromatic heterocycles. The number of Topliss-reactive ketones (excluding diaryl/α,β-unsaturated/α-hetero) is 1. The number of amides is 5. The van der Waals surface area contributed by atoms with Crippen molar-refractivity contribution in [2.24, 2.45) is 11.8 Å². The molecule has 8 heteroatoms. The average molecular weight is 387 g/mol. The third-order valence-electron chi connectivity index (χ3n) is 4.07. The van der Waals surface area contributed by atoms with Crippen LogP contribution in [0.4, 0.5) is 10.5 Å². The summed E-state index contributed by atoms with van der Waals surface area (Å²) >= 11 is 0. The van der Waals surface area contributed by atoms with Crippen LogP contribution in [0.15, 0.2) is 24.3 Å². The van der Waals surface area contributed by atoms with E-state index in [-0.39, 0.29) is 29.9 Å². The number of imide groups is 2. The fraction of sp³-hybridized carbons (Fsp3) is 0.450. The summed E-state index contributed by atoms with van der Waals surface area (Å²) in [5.74, 6) is -2.25. The van der Waals surface area contributed by atoms with Crippen LogP contribution >= 0.6 is 0 Å². The maximum absolute atomic E-state index is 12.4. The summed E-state index contributed by atoms with van der Waals surface area (Å²) in [5, 5.41) is 2.74. The Morgan fingerprint density at radius 2 is 1.46 bits per heavy atom. The Morgan fingerprint density at radius 3 is 2.00 bits per heavy atom. The first-order valence-electron chi connectivity index (χ1n) is 9.20. The fourth-order valence-electron chi connectivity index (χ4n) is 2.77. The highest BCUT2D eigenvalue weighted by Gasteiger charge is 2.45. The second-order valence-electron chi connectivity index (χ2n) is 7.63. The average Bonchev–Trinajstić information content (AvgIpc) is 2.79. The number of nitrogens with one attached hydrogen (secondary N) is 1. The number of nitrogens with zero attached hydrogens (tertiary/aromatic N) is 2. The molecule has 1 saturated heterocycles. The quantitative estimate of drug-likeness (QED) is 0.419. The number of carbonyl (C=O) groups excluding carboxylic acids is 5. The Labute approximate surface area is 163 Å². The van der Waals surface area contributed by atoms with E-state index in [1.54, 1.807) is 12.1 Å². The minimum atomic E-state index is -0.989. The lowest BCUT2D eigenvalue weighted by Gasteiger charge is -2.16. The van der Waals surface area contributed by atoms with Gasteiger partial charge in [0.25, 0.3) is 0 Å². The van der Waals surface area contributed by atoms with Crippen molar-refractivity contribution in [3.05, 3.63) is 29.8 Å². The summed E-state index contributed by atoms with van der Waals surface area (Å²) in [6.07, 6.45) is 0.390. The van der Waals surface area contributed by atoms with E-state index in [1.165, 1.54) is 12.1 Å². The molecule has 1 aromatic rings. The summed E-state index contributed by atoms with van der Waals surface area (Å²) < 4.78 is 0. The third kappa shape index (κ3) is 5.03. The molecule has 0 spiro atoms. The molecule has 0 atom stereocenters. The molecule has 5 amide bonds. The smallest absolute Gasteiger partial charge is 0.326 e. The molecule has 1 N–H and O–H groups in total. The van der Waals surface area contributed by atoms with Crippen LogP contribution in [0.25, 0.3) is 0 Å². The number of hydrogen-bond acceptors (Lipinski definition) is 5.